The standard InChI is InChI=1S/C63H61NO/c1-42(2)40-61(5,6)46-26-22-44(23-27-46)41-65-52-34-30-48(31-35-52)63(47-28-24-45(25-29-47)43(3)4)58-21-15-13-19-54(58)56-37-33-51(39-60(56)63)64(49-16-10-9-11-17-49)50-32-36-55-53-18-12-14-20-57(53)62(7,8)59(55)38-50/h9-39,42-43H,40-41H2,1-8H3. The van der Waals surface area contributed by atoms with Crippen LogP contribution in [0.25, 0.3) is 22.3 Å². The molecule has 0 saturated heterocycles. The van der Waals surface area contributed by atoms with E-state index >= 15 is 0 Å². The number of ether oxygens (including phenoxy) is 1. The largest absolute Gasteiger partial charge is 0.489 e. The molecule has 2 aliphatic rings. The van der Waals surface area contributed by atoms with Crippen LogP contribution in [0.1, 0.15) is 118 Å². The van der Waals surface area contributed by atoms with Gasteiger partial charge >= 0.3 is 0 Å². The summed E-state index contributed by atoms with van der Waals surface area (Å²) in [6.45, 7) is 19.1. The summed E-state index contributed by atoms with van der Waals surface area (Å²) in [7, 11) is 0. The van der Waals surface area contributed by atoms with Crippen LogP contribution in [-0.4, -0.2) is 0 Å². The zero-order valence-corrected chi connectivity index (χ0v) is 39.3. The second-order valence-electron chi connectivity index (χ2n) is 20.4. The highest BCUT2D eigenvalue weighted by molar-refractivity contribution is 5.90. The summed E-state index contributed by atoms with van der Waals surface area (Å²) in [6.07, 6.45) is 1.16. The highest BCUT2D eigenvalue weighted by Crippen LogP contribution is 2.58. The third-order valence-corrected chi connectivity index (χ3v) is 14.5. The van der Waals surface area contributed by atoms with Gasteiger partial charge in [-0.1, -0.05) is 195 Å². The molecule has 10 rings (SSSR count). The van der Waals surface area contributed by atoms with Gasteiger partial charge in [-0.05, 0) is 145 Å². The van der Waals surface area contributed by atoms with Gasteiger partial charge in [-0.2, -0.15) is 0 Å². The summed E-state index contributed by atoms with van der Waals surface area (Å²) in [5.41, 5.74) is 19.7. The van der Waals surface area contributed by atoms with E-state index in [2.05, 4.69) is 248 Å². The van der Waals surface area contributed by atoms with Crippen LogP contribution in [0.3, 0.4) is 0 Å². The Labute approximate surface area is 387 Å². The minimum atomic E-state index is -0.585. The Morgan fingerprint density at radius 1 is 0.492 bits per heavy atom. The van der Waals surface area contributed by atoms with Gasteiger partial charge in [0.1, 0.15) is 12.4 Å². The molecule has 0 heterocycles. The van der Waals surface area contributed by atoms with E-state index in [0.29, 0.717) is 18.4 Å². The van der Waals surface area contributed by atoms with Crippen molar-refractivity contribution in [3.63, 3.8) is 0 Å². The van der Waals surface area contributed by atoms with Gasteiger partial charge in [-0.15, -0.1) is 0 Å². The van der Waals surface area contributed by atoms with E-state index in [-0.39, 0.29) is 10.8 Å². The Hall–Kier alpha value is -6.64. The van der Waals surface area contributed by atoms with Crippen LogP contribution in [-0.2, 0) is 22.9 Å². The van der Waals surface area contributed by atoms with Gasteiger partial charge in [0.25, 0.3) is 0 Å². The first-order chi connectivity index (χ1) is 31.4. The first kappa shape index (κ1) is 42.3. The van der Waals surface area contributed by atoms with Crippen LogP contribution in [0.2, 0.25) is 0 Å². The topological polar surface area (TPSA) is 12.5 Å². The lowest BCUT2D eigenvalue weighted by molar-refractivity contribution is 0.306. The summed E-state index contributed by atoms with van der Waals surface area (Å²) in [6, 6.07) is 70.4. The molecule has 2 heteroatoms. The van der Waals surface area contributed by atoms with Crippen LogP contribution in [0.5, 0.6) is 5.75 Å². The smallest absolute Gasteiger partial charge is 0.119 e. The molecule has 0 amide bonds. The molecule has 8 aromatic rings. The second kappa shape index (κ2) is 16.4. The summed E-state index contributed by atoms with van der Waals surface area (Å²) in [4.78, 5) is 2.45. The fraction of sp³-hybridized carbons (Fsp3) is 0.238. The van der Waals surface area contributed by atoms with Gasteiger partial charge in [0.2, 0.25) is 0 Å². The summed E-state index contributed by atoms with van der Waals surface area (Å²) in [5, 5.41) is 0. The van der Waals surface area contributed by atoms with E-state index in [1.165, 1.54) is 72.3 Å². The monoisotopic (exact) mass is 847 g/mol. The molecule has 0 saturated carbocycles. The molecule has 1 atom stereocenters. The molecular weight excluding hydrogens is 787 g/mol. The Kier molecular flexibility index (Phi) is 10.7. The predicted octanol–water partition coefficient (Wildman–Crippen LogP) is 16.9. The van der Waals surface area contributed by atoms with Gasteiger partial charge in [-0.3, -0.25) is 0 Å². The maximum Gasteiger partial charge on any atom is 0.119 e. The molecule has 0 bridgehead atoms. The maximum absolute atomic E-state index is 6.53. The molecule has 324 valence electrons. The summed E-state index contributed by atoms with van der Waals surface area (Å²) < 4.78 is 6.53. The van der Waals surface area contributed by atoms with Gasteiger partial charge in [-0.25, -0.2) is 0 Å². The third-order valence-electron chi connectivity index (χ3n) is 14.5. The lowest BCUT2D eigenvalue weighted by atomic mass is 9.67. The van der Waals surface area contributed by atoms with E-state index in [4.69, 9.17) is 4.74 Å². The molecule has 0 aromatic heterocycles. The van der Waals surface area contributed by atoms with E-state index < -0.39 is 5.41 Å². The van der Waals surface area contributed by atoms with Crippen molar-refractivity contribution in [3.05, 3.63) is 238 Å². The first-order valence-electron chi connectivity index (χ1n) is 23.6. The average molecular weight is 848 g/mol. The van der Waals surface area contributed by atoms with Crippen LogP contribution in [0.15, 0.2) is 188 Å². The van der Waals surface area contributed by atoms with Crippen molar-refractivity contribution < 1.29 is 4.74 Å². The van der Waals surface area contributed by atoms with E-state index in [0.717, 1.165) is 29.2 Å². The van der Waals surface area contributed by atoms with Gasteiger partial charge in [0, 0.05) is 22.5 Å². The van der Waals surface area contributed by atoms with Gasteiger partial charge in [0.15, 0.2) is 0 Å². The Bertz CT molecular complexity index is 2990. The molecule has 0 fully saturated rings. The number of para-hydroxylation sites is 1. The summed E-state index contributed by atoms with van der Waals surface area (Å²) in [5.74, 6) is 1.94. The van der Waals surface area contributed by atoms with Crippen molar-refractivity contribution in [2.24, 2.45) is 5.92 Å². The van der Waals surface area contributed by atoms with Crippen molar-refractivity contribution >= 4 is 17.1 Å². The Morgan fingerprint density at radius 3 is 1.63 bits per heavy atom. The molecule has 0 N–H and O–H groups in total. The highest BCUT2D eigenvalue weighted by atomic mass is 16.5. The van der Waals surface area contributed by atoms with Crippen LogP contribution < -0.4 is 9.64 Å². The third kappa shape index (κ3) is 7.28. The molecule has 0 aliphatic heterocycles. The number of anilines is 3. The fourth-order valence-electron chi connectivity index (χ4n) is 11.3. The van der Waals surface area contributed by atoms with Crippen molar-refractivity contribution in [2.45, 2.75) is 90.6 Å². The molecule has 1 unspecified atom stereocenters. The van der Waals surface area contributed by atoms with Gasteiger partial charge < -0.3 is 9.64 Å². The van der Waals surface area contributed by atoms with E-state index in [9.17, 15) is 0 Å². The number of hydrogen-bond donors (Lipinski definition) is 0. The van der Waals surface area contributed by atoms with E-state index in [1.54, 1.807) is 0 Å². The fourth-order valence-corrected chi connectivity index (χ4v) is 11.3. The van der Waals surface area contributed by atoms with Crippen molar-refractivity contribution in [3.8, 4) is 28.0 Å². The maximum atomic E-state index is 6.53. The molecule has 8 aromatic carbocycles. The van der Waals surface area contributed by atoms with Crippen LogP contribution in [0.4, 0.5) is 17.1 Å². The molecule has 2 nitrogen and oxygen atoms in total. The van der Waals surface area contributed by atoms with E-state index in [1.807, 2.05) is 0 Å². The zero-order valence-electron chi connectivity index (χ0n) is 39.3. The summed E-state index contributed by atoms with van der Waals surface area (Å²) >= 11 is 0. The second-order valence-corrected chi connectivity index (χ2v) is 20.4. The number of benzene rings is 8. The van der Waals surface area contributed by atoms with Crippen molar-refractivity contribution in [2.75, 3.05) is 4.90 Å². The number of rotatable bonds is 12. The zero-order chi connectivity index (χ0) is 45.1. The predicted molar refractivity (Wildman–Crippen MR) is 273 cm³/mol. The Balaban J connectivity index is 1.09. The minimum absolute atomic E-state index is 0.119. The lowest BCUT2D eigenvalue weighted by Crippen LogP contribution is -2.29. The first-order valence-corrected chi connectivity index (χ1v) is 23.6. The molecule has 0 spiro atoms. The minimum Gasteiger partial charge on any atom is -0.489 e. The lowest BCUT2D eigenvalue weighted by Gasteiger charge is -2.35. The molecule has 2 aliphatic carbocycles. The Morgan fingerprint density at radius 2 is 1.02 bits per heavy atom. The van der Waals surface area contributed by atoms with Crippen LogP contribution >= 0.6 is 0 Å². The van der Waals surface area contributed by atoms with Gasteiger partial charge in [0.05, 0.1) is 5.41 Å². The molecular formula is C63H61NO. The number of hydrogen-bond acceptors (Lipinski definition) is 2. The number of fused-ring (bicyclic) bond motifs is 6. The molecule has 0 radical (unpaired) electrons. The average Bonchev–Trinajstić information content (AvgIpc) is 3.74. The molecule has 65 heavy (non-hydrogen) atoms. The van der Waals surface area contributed by atoms with Crippen molar-refractivity contribution in [1.29, 1.82) is 0 Å². The van der Waals surface area contributed by atoms with Crippen LogP contribution in [0, 0.1) is 5.92 Å². The van der Waals surface area contributed by atoms with Crippen molar-refractivity contribution in [1.82, 2.24) is 0 Å². The number of nitrogens with zero attached hydrogens (tertiary/aromatic N) is 1. The highest BCUT2D eigenvalue weighted by Gasteiger charge is 2.46. The normalized spacial score (nSPS) is 15.7. The quantitative estimate of drug-likeness (QED) is 0.121. The SMILES string of the molecule is CC(C)CC(C)(C)c1ccc(COc2ccc(C3(c4ccc(C(C)C)cc4)c4ccccc4-c4ccc(N(c5ccccc5)c5ccc6c(c5)C(C)(C)c5ccccc5-6)cc43)cc2)cc1.